The van der Waals surface area contributed by atoms with Crippen molar-refractivity contribution >= 4 is 5.52 Å². The molecule has 2 heterocycles. The Morgan fingerprint density at radius 1 is 1.22 bits per heavy atom. The summed E-state index contributed by atoms with van der Waals surface area (Å²) in [5.74, 6) is 0. The van der Waals surface area contributed by atoms with Gasteiger partial charge in [-0.25, -0.2) is 0 Å². The molecular formula is C7H8N2. The van der Waals surface area contributed by atoms with Gasteiger partial charge in [-0.2, -0.15) is 0 Å². The lowest BCUT2D eigenvalue weighted by atomic mass is 10.5. The molecule has 46 valence electrons. The maximum absolute atomic E-state index is 2.08. The standard InChI is InChI=1S/C7H8N2/c1-8-6-4-7-3-2-5-9(7)8/h2-6H,1H3. The van der Waals surface area contributed by atoms with Gasteiger partial charge in [0.05, 0.1) is 5.52 Å². The molecule has 2 nitrogen and oxygen atoms in total. The van der Waals surface area contributed by atoms with Crippen molar-refractivity contribution in [1.82, 2.24) is 9.20 Å². The van der Waals surface area contributed by atoms with Gasteiger partial charge in [0.15, 0.2) is 0 Å². The molecule has 0 spiro atoms. The topological polar surface area (TPSA) is 9.34 Å². The third kappa shape index (κ3) is 0.499. The van der Waals surface area contributed by atoms with Crippen LogP contribution in [0.25, 0.3) is 5.52 Å². The molecule has 0 amide bonds. The zero-order valence-corrected chi connectivity index (χ0v) is 5.28. The highest BCUT2D eigenvalue weighted by Crippen LogP contribution is 2.02. The lowest BCUT2D eigenvalue weighted by molar-refractivity contribution is 0.710. The number of aromatic nitrogens is 2. The Balaban J connectivity index is 2.99. The third-order valence-electron chi connectivity index (χ3n) is 1.56. The summed E-state index contributed by atoms with van der Waals surface area (Å²) in [6.45, 7) is 0. The molecule has 0 bridgehead atoms. The maximum Gasteiger partial charge on any atom is 0.0641 e. The fraction of sp³-hybridized carbons (Fsp3) is 0.143. The van der Waals surface area contributed by atoms with E-state index in [1.54, 1.807) is 0 Å². The Bertz CT molecular complexity index is 316. The molecule has 0 radical (unpaired) electrons. The van der Waals surface area contributed by atoms with E-state index >= 15 is 0 Å². The first kappa shape index (κ1) is 4.68. The molecule has 9 heavy (non-hydrogen) atoms. The Morgan fingerprint density at radius 3 is 2.89 bits per heavy atom. The summed E-state index contributed by atoms with van der Waals surface area (Å²) in [6, 6.07) is 6.20. The van der Waals surface area contributed by atoms with Gasteiger partial charge in [-0.15, -0.1) is 0 Å². The highest BCUT2D eigenvalue weighted by Gasteiger charge is 1.90. The monoisotopic (exact) mass is 120 g/mol. The minimum atomic E-state index is 1.25. The van der Waals surface area contributed by atoms with Gasteiger partial charge in [-0.1, -0.05) is 0 Å². The van der Waals surface area contributed by atoms with Crippen LogP contribution in [0.5, 0.6) is 0 Å². The summed E-state index contributed by atoms with van der Waals surface area (Å²) in [5.41, 5.74) is 1.25. The van der Waals surface area contributed by atoms with Crippen molar-refractivity contribution < 1.29 is 0 Å². The van der Waals surface area contributed by atoms with Crippen molar-refractivity contribution in [1.29, 1.82) is 0 Å². The molecule has 0 fully saturated rings. The van der Waals surface area contributed by atoms with E-state index in [0.717, 1.165) is 0 Å². The molecule has 2 aromatic heterocycles. The smallest absolute Gasteiger partial charge is 0.0641 e. The van der Waals surface area contributed by atoms with Crippen LogP contribution in [0, 0.1) is 0 Å². The molecular weight excluding hydrogens is 112 g/mol. The molecule has 0 unspecified atom stereocenters. The van der Waals surface area contributed by atoms with Crippen LogP contribution in [0.15, 0.2) is 30.6 Å². The quantitative estimate of drug-likeness (QED) is 0.495. The van der Waals surface area contributed by atoms with Crippen LogP contribution in [0.1, 0.15) is 0 Å². The Hall–Kier alpha value is -1.18. The number of hydrogen-bond donors (Lipinski definition) is 0. The van der Waals surface area contributed by atoms with Gasteiger partial charge in [0.25, 0.3) is 0 Å². The first-order valence-electron chi connectivity index (χ1n) is 2.96. The van der Waals surface area contributed by atoms with Crippen LogP contribution in [-0.2, 0) is 7.05 Å². The van der Waals surface area contributed by atoms with E-state index < -0.39 is 0 Å². The van der Waals surface area contributed by atoms with E-state index in [2.05, 4.69) is 16.6 Å². The molecule has 0 aliphatic rings. The normalized spacial score (nSPS) is 10.8. The summed E-state index contributed by atoms with van der Waals surface area (Å²) >= 11 is 0. The fourth-order valence-corrected chi connectivity index (χ4v) is 1.06. The summed E-state index contributed by atoms with van der Waals surface area (Å²) in [4.78, 5) is 0. The van der Waals surface area contributed by atoms with E-state index in [9.17, 15) is 0 Å². The minimum absolute atomic E-state index is 1.25. The molecule has 0 saturated carbocycles. The molecule has 0 N–H and O–H groups in total. The van der Waals surface area contributed by atoms with E-state index in [1.165, 1.54) is 5.52 Å². The number of nitrogens with zero attached hydrogens (tertiary/aromatic N) is 2. The van der Waals surface area contributed by atoms with Crippen LogP contribution in [0.3, 0.4) is 0 Å². The second-order valence-corrected chi connectivity index (χ2v) is 2.17. The lowest BCUT2D eigenvalue weighted by Gasteiger charge is -1.91. The molecule has 0 aromatic carbocycles. The molecule has 0 atom stereocenters. The van der Waals surface area contributed by atoms with Crippen molar-refractivity contribution in [2.75, 3.05) is 0 Å². The van der Waals surface area contributed by atoms with Crippen molar-refractivity contribution in [3.63, 3.8) is 0 Å². The fourth-order valence-electron chi connectivity index (χ4n) is 1.06. The predicted octanol–water partition coefficient (Wildman–Crippen LogP) is 1.28. The van der Waals surface area contributed by atoms with Crippen LogP contribution in [-0.4, -0.2) is 9.20 Å². The zero-order chi connectivity index (χ0) is 6.27. The predicted molar refractivity (Wildman–Crippen MR) is 36.4 cm³/mol. The molecule has 2 heteroatoms. The van der Waals surface area contributed by atoms with Gasteiger partial charge in [0, 0.05) is 19.4 Å². The maximum atomic E-state index is 2.08. The summed E-state index contributed by atoms with van der Waals surface area (Å²) in [7, 11) is 2.02. The molecule has 2 rings (SSSR count). The summed E-state index contributed by atoms with van der Waals surface area (Å²) in [5, 5.41) is 0. The molecule has 2 aromatic rings. The second kappa shape index (κ2) is 1.41. The van der Waals surface area contributed by atoms with Gasteiger partial charge in [-0.3, -0.25) is 9.20 Å². The van der Waals surface area contributed by atoms with E-state index in [4.69, 9.17) is 0 Å². The highest BCUT2D eigenvalue weighted by atomic mass is 15.3. The SMILES string of the molecule is Cn1ccc2cccn21. The van der Waals surface area contributed by atoms with Gasteiger partial charge < -0.3 is 0 Å². The van der Waals surface area contributed by atoms with Crippen molar-refractivity contribution in [3.05, 3.63) is 30.6 Å². The van der Waals surface area contributed by atoms with Gasteiger partial charge >= 0.3 is 0 Å². The number of rotatable bonds is 0. The third-order valence-corrected chi connectivity index (χ3v) is 1.56. The Labute approximate surface area is 53.3 Å². The molecule has 0 saturated heterocycles. The Kier molecular flexibility index (Phi) is 0.730. The zero-order valence-electron chi connectivity index (χ0n) is 5.28. The second-order valence-electron chi connectivity index (χ2n) is 2.17. The lowest BCUT2D eigenvalue weighted by Crippen LogP contribution is -1.93. The largest absolute Gasteiger partial charge is 0.292 e. The van der Waals surface area contributed by atoms with Gasteiger partial charge in [0.2, 0.25) is 0 Å². The first-order valence-corrected chi connectivity index (χ1v) is 2.96. The van der Waals surface area contributed by atoms with E-state index in [0.29, 0.717) is 0 Å². The van der Waals surface area contributed by atoms with Crippen LogP contribution in [0.4, 0.5) is 0 Å². The summed E-state index contributed by atoms with van der Waals surface area (Å²) in [6.07, 6.45) is 4.07. The van der Waals surface area contributed by atoms with Crippen molar-refractivity contribution in [2.45, 2.75) is 0 Å². The highest BCUT2D eigenvalue weighted by molar-refractivity contribution is 5.45. The number of hydrogen-bond acceptors (Lipinski definition) is 0. The average molecular weight is 120 g/mol. The van der Waals surface area contributed by atoms with Crippen molar-refractivity contribution in [2.24, 2.45) is 7.05 Å². The molecule has 0 aliphatic carbocycles. The van der Waals surface area contributed by atoms with E-state index in [-0.39, 0.29) is 0 Å². The Morgan fingerprint density at radius 2 is 2.11 bits per heavy atom. The number of fused-ring (bicyclic) bond motifs is 1. The van der Waals surface area contributed by atoms with Gasteiger partial charge in [-0.05, 0) is 18.2 Å². The van der Waals surface area contributed by atoms with Crippen molar-refractivity contribution in [3.8, 4) is 0 Å². The average Bonchev–Trinajstić information content (AvgIpc) is 2.35. The molecule has 0 aliphatic heterocycles. The minimum Gasteiger partial charge on any atom is -0.292 e. The van der Waals surface area contributed by atoms with E-state index in [1.807, 2.05) is 30.2 Å². The first-order chi connectivity index (χ1) is 4.38. The van der Waals surface area contributed by atoms with Crippen LogP contribution >= 0.6 is 0 Å². The van der Waals surface area contributed by atoms with Crippen LogP contribution in [0.2, 0.25) is 0 Å². The summed E-state index contributed by atoms with van der Waals surface area (Å²) < 4.78 is 4.12. The van der Waals surface area contributed by atoms with Gasteiger partial charge in [0.1, 0.15) is 0 Å². The van der Waals surface area contributed by atoms with Crippen LogP contribution < -0.4 is 0 Å². The number of aryl methyl sites for hydroxylation is 1.